The lowest BCUT2D eigenvalue weighted by Crippen LogP contribution is -2.42. The molecule has 1 heterocycles. The molecule has 1 saturated carbocycles. The van der Waals surface area contributed by atoms with Gasteiger partial charge in [-0.15, -0.1) is 0 Å². The Kier molecular flexibility index (Phi) is 4.16. The van der Waals surface area contributed by atoms with Crippen molar-refractivity contribution in [2.45, 2.75) is 52.1 Å². The summed E-state index contributed by atoms with van der Waals surface area (Å²) in [6.07, 6.45) is 3.83. The first-order valence-electron chi connectivity index (χ1n) is 6.76. The quantitative estimate of drug-likeness (QED) is 0.836. The number of aryl methyl sites for hydroxylation is 1. The zero-order chi connectivity index (χ0) is 14.1. The normalized spacial score (nSPS) is 21.1. The largest absolute Gasteiger partial charge is 0.388 e. The highest BCUT2D eigenvalue weighted by Crippen LogP contribution is 2.40. The Balaban J connectivity index is 1.95. The van der Waals surface area contributed by atoms with Crippen LogP contribution in [-0.2, 0) is 0 Å². The zero-order valence-corrected chi connectivity index (χ0v) is 13.4. The number of anilines is 1. The van der Waals surface area contributed by atoms with Gasteiger partial charge >= 0.3 is 0 Å². The van der Waals surface area contributed by atoms with Crippen LogP contribution in [0.3, 0.4) is 0 Å². The molecule has 0 saturated heterocycles. The fourth-order valence-corrected chi connectivity index (χ4v) is 2.92. The van der Waals surface area contributed by atoms with E-state index < -0.39 is 5.60 Å². The molecule has 2 rings (SSSR count). The van der Waals surface area contributed by atoms with Crippen LogP contribution in [0.2, 0.25) is 0 Å². The van der Waals surface area contributed by atoms with Crippen molar-refractivity contribution in [3.63, 3.8) is 0 Å². The molecule has 4 nitrogen and oxygen atoms in total. The van der Waals surface area contributed by atoms with Crippen molar-refractivity contribution in [1.29, 1.82) is 0 Å². The summed E-state index contributed by atoms with van der Waals surface area (Å²) < 4.78 is 0.763. The van der Waals surface area contributed by atoms with Gasteiger partial charge in [0.15, 0.2) is 0 Å². The molecule has 1 fully saturated rings. The third kappa shape index (κ3) is 4.14. The highest BCUT2D eigenvalue weighted by Gasteiger charge is 2.36. The lowest BCUT2D eigenvalue weighted by atomic mass is 9.71. The maximum Gasteiger partial charge on any atom is 0.130 e. The average Bonchev–Trinajstić information content (AvgIpc) is 2.30. The molecule has 1 aliphatic rings. The number of hydrogen-bond donors (Lipinski definition) is 2. The van der Waals surface area contributed by atoms with E-state index in [0.717, 1.165) is 36.1 Å². The minimum absolute atomic E-state index is 0.362. The monoisotopic (exact) mass is 327 g/mol. The predicted octanol–water partition coefficient (Wildman–Crippen LogP) is 3.29. The molecule has 1 aliphatic carbocycles. The third-order valence-electron chi connectivity index (χ3n) is 3.94. The molecule has 0 aromatic carbocycles. The highest BCUT2D eigenvalue weighted by molar-refractivity contribution is 9.10. The molecular weight excluding hydrogens is 306 g/mol. The van der Waals surface area contributed by atoms with E-state index >= 15 is 0 Å². The first kappa shape index (κ1) is 14.7. The van der Waals surface area contributed by atoms with Gasteiger partial charge < -0.3 is 10.4 Å². The van der Waals surface area contributed by atoms with Crippen molar-refractivity contribution in [2.24, 2.45) is 5.41 Å². The van der Waals surface area contributed by atoms with E-state index in [1.54, 1.807) is 0 Å². The van der Waals surface area contributed by atoms with Crippen molar-refractivity contribution in [1.82, 2.24) is 9.97 Å². The van der Waals surface area contributed by atoms with Gasteiger partial charge in [-0.1, -0.05) is 13.8 Å². The molecule has 106 valence electrons. The summed E-state index contributed by atoms with van der Waals surface area (Å²) in [7, 11) is 0. The van der Waals surface area contributed by atoms with Crippen molar-refractivity contribution in [3.05, 3.63) is 16.5 Å². The summed E-state index contributed by atoms with van der Waals surface area (Å²) in [6.45, 7) is 6.94. The summed E-state index contributed by atoms with van der Waals surface area (Å²) in [4.78, 5) is 8.48. The Labute approximate surface area is 123 Å². The van der Waals surface area contributed by atoms with Crippen LogP contribution in [0, 0.1) is 12.3 Å². The van der Waals surface area contributed by atoms with Gasteiger partial charge in [0.2, 0.25) is 0 Å². The number of nitrogens with one attached hydrogen (secondary N) is 1. The van der Waals surface area contributed by atoms with E-state index in [2.05, 4.69) is 45.1 Å². The lowest BCUT2D eigenvalue weighted by molar-refractivity contribution is -0.0145. The van der Waals surface area contributed by atoms with Gasteiger partial charge in [0.1, 0.15) is 16.2 Å². The van der Waals surface area contributed by atoms with Crippen molar-refractivity contribution >= 4 is 21.7 Å². The maximum atomic E-state index is 10.6. The van der Waals surface area contributed by atoms with Crippen LogP contribution in [0.25, 0.3) is 0 Å². The summed E-state index contributed by atoms with van der Waals surface area (Å²) in [5.41, 5.74) is -0.248. The van der Waals surface area contributed by atoms with E-state index in [9.17, 15) is 5.11 Å². The van der Waals surface area contributed by atoms with Crippen LogP contribution < -0.4 is 5.32 Å². The van der Waals surface area contributed by atoms with Crippen molar-refractivity contribution in [3.8, 4) is 0 Å². The van der Waals surface area contributed by atoms with E-state index in [4.69, 9.17) is 0 Å². The summed E-state index contributed by atoms with van der Waals surface area (Å²) in [6, 6.07) is 1.84. The number of rotatable bonds is 3. The van der Waals surface area contributed by atoms with Gasteiger partial charge in [-0.3, -0.25) is 0 Å². The average molecular weight is 328 g/mol. The molecular formula is C14H22BrN3O. The molecule has 0 bridgehead atoms. The molecule has 19 heavy (non-hydrogen) atoms. The molecule has 0 atom stereocenters. The smallest absolute Gasteiger partial charge is 0.130 e. The Morgan fingerprint density at radius 2 is 1.89 bits per heavy atom. The second-order valence-electron chi connectivity index (χ2n) is 6.37. The van der Waals surface area contributed by atoms with Gasteiger partial charge in [-0.25, -0.2) is 9.97 Å². The number of halogens is 1. The van der Waals surface area contributed by atoms with Gasteiger partial charge in [-0.05, 0) is 54.0 Å². The van der Waals surface area contributed by atoms with E-state index in [0.29, 0.717) is 17.8 Å². The Hall–Kier alpha value is -0.680. The number of nitrogens with zero attached hydrogens (tertiary/aromatic N) is 2. The second kappa shape index (κ2) is 5.37. The van der Waals surface area contributed by atoms with E-state index in [1.807, 2.05) is 13.0 Å². The van der Waals surface area contributed by atoms with Crippen LogP contribution in [0.15, 0.2) is 10.7 Å². The van der Waals surface area contributed by atoms with Crippen LogP contribution in [0.5, 0.6) is 0 Å². The van der Waals surface area contributed by atoms with E-state index in [1.165, 1.54) is 0 Å². The first-order valence-corrected chi connectivity index (χ1v) is 7.55. The van der Waals surface area contributed by atoms with Crippen LogP contribution in [0.4, 0.5) is 5.82 Å². The fraction of sp³-hybridized carbons (Fsp3) is 0.714. The van der Waals surface area contributed by atoms with Crippen molar-refractivity contribution in [2.75, 3.05) is 11.9 Å². The molecule has 0 spiro atoms. The SMILES string of the molecule is Cc1nc(Br)cc(NCC2(O)CCC(C)(C)CC2)n1. The third-order valence-corrected chi connectivity index (χ3v) is 4.35. The molecule has 5 heteroatoms. The maximum absolute atomic E-state index is 10.6. The number of aliphatic hydroxyl groups is 1. The van der Waals surface area contributed by atoms with Gasteiger partial charge in [0.05, 0.1) is 5.60 Å². The molecule has 0 radical (unpaired) electrons. The Morgan fingerprint density at radius 3 is 2.47 bits per heavy atom. The molecule has 0 aliphatic heterocycles. The molecule has 1 aromatic rings. The van der Waals surface area contributed by atoms with Crippen LogP contribution in [0.1, 0.15) is 45.4 Å². The summed E-state index contributed by atoms with van der Waals surface area (Å²) >= 11 is 3.35. The minimum Gasteiger partial charge on any atom is -0.388 e. The fourth-order valence-electron chi connectivity index (χ4n) is 2.45. The standard InChI is InChI=1S/C14H22BrN3O/c1-10-17-11(15)8-12(18-10)16-9-14(19)6-4-13(2,3)5-7-14/h8,19H,4-7,9H2,1-3H3,(H,16,17,18). The second-order valence-corrected chi connectivity index (χ2v) is 7.18. The molecule has 0 amide bonds. The topological polar surface area (TPSA) is 58.0 Å². The summed E-state index contributed by atoms with van der Waals surface area (Å²) in [5, 5.41) is 13.8. The van der Waals surface area contributed by atoms with Crippen molar-refractivity contribution < 1.29 is 5.11 Å². The highest BCUT2D eigenvalue weighted by atomic mass is 79.9. The number of aromatic nitrogens is 2. The molecule has 2 N–H and O–H groups in total. The van der Waals surface area contributed by atoms with Gasteiger partial charge in [0.25, 0.3) is 0 Å². The molecule has 0 unspecified atom stereocenters. The Morgan fingerprint density at radius 1 is 1.26 bits per heavy atom. The zero-order valence-electron chi connectivity index (χ0n) is 11.8. The van der Waals surface area contributed by atoms with Gasteiger partial charge in [0, 0.05) is 12.6 Å². The minimum atomic E-state index is -0.610. The van der Waals surface area contributed by atoms with E-state index in [-0.39, 0.29) is 0 Å². The first-order chi connectivity index (χ1) is 8.78. The van der Waals surface area contributed by atoms with Crippen LogP contribution >= 0.6 is 15.9 Å². The summed E-state index contributed by atoms with van der Waals surface area (Å²) in [5.74, 6) is 1.48. The predicted molar refractivity (Wildman–Crippen MR) is 80.2 cm³/mol. The number of hydrogen-bond acceptors (Lipinski definition) is 4. The Bertz CT molecular complexity index is 432. The molecule has 1 aromatic heterocycles. The van der Waals surface area contributed by atoms with Gasteiger partial charge in [-0.2, -0.15) is 0 Å². The van der Waals surface area contributed by atoms with Crippen LogP contribution in [-0.4, -0.2) is 27.2 Å². The lowest BCUT2D eigenvalue weighted by Gasteiger charge is -2.40.